The second-order valence-corrected chi connectivity index (χ2v) is 12.4. The van der Waals surface area contributed by atoms with E-state index in [-0.39, 0.29) is 11.5 Å². The van der Waals surface area contributed by atoms with Crippen LogP contribution in [0.3, 0.4) is 0 Å². The monoisotopic (exact) mass is 567 g/mol. The van der Waals surface area contributed by atoms with Gasteiger partial charge in [-0.05, 0) is 105 Å². The molecule has 1 aliphatic heterocycles. The number of hydrogen-bond acceptors (Lipinski definition) is 6. The van der Waals surface area contributed by atoms with E-state index in [2.05, 4.69) is 32.7 Å². The molecule has 0 radical (unpaired) electrons. The fourth-order valence-corrected chi connectivity index (χ4v) is 7.07. The molecule has 7 nitrogen and oxygen atoms in total. The van der Waals surface area contributed by atoms with Crippen LogP contribution in [0.5, 0.6) is 0 Å². The fourth-order valence-electron chi connectivity index (χ4n) is 5.92. The zero-order chi connectivity index (χ0) is 28.3. The number of likely N-dealkylation sites (tertiary alicyclic amines) is 1. The molecule has 1 aliphatic carbocycles. The number of hydrogen-bond donors (Lipinski definition) is 2. The number of amides is 1. The number of rotatable bonds is 7. The van der Waals surface area contributed by atoms with Gasteiger partial charge in [-0.2, -0.15) is 0 Å². The van der Waals surface area contributed by atoms with Crippen LogP contribution in [-0.4, -0.2) is 33.4 Å². The second-order valence-electron chi connectivity index (χ2n) is 11.3. The zero-order valence-corrected chi connectivity index (χ0v) is 24.7. The number of nitrogens with zero attached hydrogens (tertiary/aromatic N) is 3. The van der Waals surface area contributed by atoms with E-state index in [1.54, 1.807) is 23.0 Å². The number of fused-ring (bicyclic) bond motifs is 1. The van der Waals surface area contributed by atoms with Crippen molar-refractivity contribution in [2.45, 2.75) is 58.4 Å². The molecular weight excluding hydrogens is 530 g/mol. The van der Waals surface area contributed by atoms with Crippen LogP contribution in [0.1, 0.15) is 63.3 Å². The molecule has 41 heavy (non-hydrogen) atoms. The van der Waals surface area contributed by atoms with E-state index in [9.17, 15) is 9.59 Å². The number of benzene rings is 1. The zero-order valence-electron chi connectivity index (χ0n) is 23.8. The van der Waals surface area contributed by atoms with Gasteiger partial charge in [-0.25, -0.2) is 4.98 Å². The summed E-state index contributed by atoms with van der Waals surface area (Å²) < 4.78 is 1.59. The van der Waals surface area contributed by atoms with Gasteiger partial charge in [-0.15, -0.1) is 11.3 Å². The number of carbonyl (C=O) groups is 1. The summed E-state index contributed by atoms with van der Waals surface area (Å²) in [5.41, 5.74) is 6.40. The Hall–Kier alpha value is -3.75. The highest BCUT2D eigenvalue weighted by atomic mass is 32.1. The number of nitrogens with one attached hydrogen (secondary N) is 2. The molecule has 0 unspecified atom stereocenters. The number of carbonyl (C=O) groups excluding carboxylic acids is 1. The van der Waals surface area contributed by atoms with Gasteiger partial charge < -0.3 is 15.2 Å². The summed E-state index contributed by atoms with van der Waals surface area (Å²) in [4.78, 5) is 35.4. The minimum Gasteiger partial charge on any atom is -0.336 e. The molecular formula is C33H37N5O2S. The number of aromatic nitrogens is 2. The van der Waals surface area contributed by atoms with Gasteiger partial charge in [0, 0.05) is 42.1 Å². The van der Waals surface area contributed by atoms with Crippen LogP contribution in [0.2, 0.25) is 0 Å². The summed E-state index contributed by atoms with van der Waals surface area (Å²) in [6, 6.07) is 13.8. The van der Waals surface area contributed by atoms with E-state index in [1.165, 1.54) is 48.1 Å². The van der Waals surface area contributed by atoms with E-state index in [4.69, 9.17) is 0 Å². The molecule has 212 valence electrons. The van der Waals surface area contributed by atoms with Gasteiger partial charge >= 0.3 is 0 Å². The Morgan fingerprint density at radius 3 is 2.61 bits per heavy atom. The maximum Gasteiger partial charge on any atom is 0.274 e. The van der Waals surface area contributed by atoms with Gasteiger partial charge in [0.15, 0.2) is 0 Å². The van der Waals surface area contributed by atoms with Crippen LogP contribution in [0.25, 0.3) is 11.1 Å². The molecule has 4 aromatic rings. The number of piperidine rings is 1. The summed E-state index contributed by atoms with van der Waals surface area (Å²) in [5.74, 6) is 0.570. The standard InChI is InChI=1S/C33H37N5O2S/c1-22-26(10-8-11-27(22)36-32(39)30-18-24-9-4-5-12-29(24)41-30)25-17-28(33(40)37(2)21-25)35-31-14-13-23(19-34-31)20-38-15-6-3-7-16-38/h8,10-11,13-14,17-19,21H,3-7,9,12,15-16,20H2,1-2H3,(H,34,35)(H,36,39). The molecule has 0 atom stereocenters. The molecule has 3 aromatic heterocycles. The van der Waals surface area contributed by atoms with E-state index >= 15 is 0 Å². The molecule has 0 bridgehead atoms. The number of pyridine rings is 2. The average molecular weight is 568 g/mol. The summed E-state index contributed by atoms with van der Waals surface area (Å²) >= 11 is 1.62. The normalized spacial score (nSPS) is 15.4. The van der Waals surface area contributed by atoms with Crippen molar-refractivity contribution in [2.75, 3.05) is 23.7 Å². The first-order chi connectivity index (χ1) is 19.9. The van der Waals surface area contributed by atoms with E-state index in [1.807, 2.05) is 49.6 Å². The van der Waals surface area contributed by atoms with E-state index < -0.39 is 0 Å². The molecule has 0 spiro atoms. The topological polar surface area (TPSA) is 79.3 Å². The van der Waals surface area contributed by atoms with Crippen molar-refractivity contribution in [1.29, 1.82) is 0 Å². The van der Waals surface area contributed by atoms with E-state index in [0.29, 0.717) is 11.5 Å². The first-order valence-electron chi connectivity index (χ1n) is 14.6. The van der Waals surface area contributed by atoms with Gasteiger partial charge in [0.1, 0.15) is 11.5 Å². The third-order valence-electron chi connectivity index (χ3n) is 8.24. The number of thiophene rings is 1. The lowest BCUT2D eigenvalue weighted by Crippen LogP contribution is -2.29. The lowest BCUT2D eigenvalue weighted by molar-refractivity contribution is 0.103. The Kier molecular flexibility index (Phi) is 8.03. The van der Waals surface area contributed by atoms with Gasteiger partial charge in [0.25, 0.3) is 11.5 Å². The van der Waals surface area contributed by atoms with Crippen molar-refractivity contribution in [1.82, 2.24) is 14.5 Å². The van der Waals surface area contributed by atoms with Gasteiger partial charge in [0.2, 0.25) is 0 Å². The maximum atomic E-state index is 13.2. The summed E-state index contributed by atoms with van der Waals surface area (Å²) in [5, 5.41) is 6.37. The van der Waals surface area contributed by atoms with Crippen molar-refractivity contribution in [3.05, 3.63) is 91.7 Å². The van der Waals surface area contributed by atoms with Crippen LogP contribution in [0.15, 0.2) is 59.7 Å². The molecule has 1 amide bonds. The molecule has 1 aromatic carbocycles. The van der Waals surface area contributed by atoms with Crippen LogP contribution in [0, 0.1) is 6.92 Å². The molecule has 2 N–H and O–H groups in total. The summed E-state index contributed by atoms with van der Waals surface area (Å²) in [7, 11) is 1.76. The Morgan fingerprint density at radius 2 is 1.83 bits per heavy atom. The van der Waals surface area contributed by atoms with Crippen molar-refractivity contribution in [3.8, 4) is 11.1 Å². The molecule has 0 saturated carbocycles. The van der Waals surface area contributed by atoms with Crippen molar-refractivity contribution < 1.29 is 4.79 Å². The predicted octanol–water partition coefficient (Wildman–Crippen LogP) is 6.68. The minimum absolute atomic E-state index is 0.0673. The third kappa shape index (κ3) is 6.14. The van der Waals surface area contributed by atoms with Gasteiger partial charge in [-0.3, -0.25) is 14.5 Å². The van der Waals surface area contributed by atoms with Crippen molar-refractivity contribution in [2.24, 2.45) is 7.05 Å². The van der Waals surface area contributed by atoms with Crippen LogP contribution in [-0.2, 0) is 26.4 Å². The summed E-state index contributed by atoms with van der Waals surface area (Å²) in [6.07, 6.45) is 12.1. The quantitative estimate of drug-likeness (QED) is 0.261. The van der Waals surface area contributed by atoms with Crippen LogP contribution >= 0.6 is 11.3 Å². The van der Waals surface area contributed by atoms with Crippen LogP contribution in [0.4, 0.5) is 17.2 Å². The molecule has 4 heterocycles. The lowest BCUT2D eigenvalue weighted by Gasteiger charge is -2.26. The fraction of sp³-hybridized carbons (Fsp3) is 0.364. The Labute approximate surface area is 245 Å². The first-order valence-corrected chi connectivity index (χ1v) is 15.4. The van der Waals surface area contributed by atoms with Crippen molar-refractivity contribution in [3.63, 3.8) is 0 Å². The predicted molar refractivity (Wildman–Crippen MR) is 167 cm³/mol. The first kappa shape index (κ1) is 27.4. The number of anilines is 3. The lowest BCUT2D eigenvalue weighted by atomic mass is 9.99. The van der Waals surface area contributed by atoms with Crippen molar-refractivity contribution >= 4 is 34.4 Å². The molecule has 1 saturated heterocycles. The average Bonchev–Trinajstić information content (AvgIpc) is 3.43. The summed E-state index contributed by atoms with van der Waals surface area (Å²) in [6.45, 7) is 5.20. The number of aryl methyl sites for hydroxylation is 3. The molecule has 2 aliphatic rings. The smallest absolute Gasteiger partial charge is 0.274 e. The largest absolute Gasteiger partial charge is 0.336 e. The highest BCUT2D eigenvalue weighted by Crippen LogP contribution is 2.32. The SMILES string of the molecule is Cc1c(NC(=O)c2cc3c(s2)CCCC3)cccc1-c1cc(Nc2ccc(CN3CCCCC3)cn2)c(=O)n(C)c1. The Balaban J connectivity index is 1.21. The maximum absolute atomic E-state index is 13.2. The van der Waals surface area contributed by atoms with E-state index in [0.717, 1.165) is 59.7 Å². The molecule has 6 rings (SSSR count). The van der Waals surface area contributed by atoms with Gasteiger partial charge in [0.05, 0.1) is 4.88 Å². The molecule has 1 fully saturated rings. The third-order valence-corrected chi connectivity index (χ3v) is 9.47. The molecule has 8 heteroatoms. The Morgan fingerprint density at radius 1 is 1.00 bits per heavy atom. The van der Waals surface area contributed by atoms with Crippen LogP contribution < -0.4 is 16.2 Å². The van der Waals surface area contributed by atoms with Gasteiger partial charge in [-0.1, -0.05) is 24.6 Å². The highest BCUT2D eigenvalue weighted by Gasteiger charge is 2.19. The Bertz CT molecular complexity index is 1590. The highest BCUT2D eigenvalue weighted by molar-refractivity contribution is 7.14. The minimum atomic E-state index is -0.128. The second kappa shape index (κ2) is 12.0.